The van der Waals surface area contributed by atoms with Crippen LogP contribution in [0.2, 0.25) is 0 Å². The lowest BCUT2D eigenvalue weighted by Gasteiger charge is -2.35. The summed E-state index contributed by atoms with van der Waals surface area (Å²) < 4.78 is 0. The Morgan fingerprint density at radius 3 is 2.58 bits per heavy atom. The molecule has 8 heteroatoms. The third kappa shape index (κ3) is 5.06. The van der Waals surface area contributed by atoms with Gasteiger partial charge in [-0.15, -0.1) is 0 Å². The Kier molecular flexibility index (Phi) is 8.01. The van der Waals surface area contributed by atoms with Crippen molar-refractivity contribution in [3.8, 4) is 0 Å². The number of carbonyl (C=O) groups excluding carboxylic acids is 3. The number of anilines is 1. The maximum atomic E-state index is 13.9. The van der Waals surface area contributed by atoms with E-state index in [-0.39, 0.29) is 29.7 Å². The molecule has 3 amide bonds. The lowest BCUT2D eigenvalue weighted by molar-refractivity contribution is -0.131. The number of aromatic nitrogens is 1. The molecule has 1 aliphatic carbocycles. The Hall–Kier alpha value is -2.48. The average molecular weight is 430 g/mol. The van der Waals surface area contributed by atoms with Crippen molar-refractivity contribution in [3.63, 3.8) is 0 Å². The van der Waals surface area contributed by atoms with Gasteiger partial charge < -0.3 is 16.0 Å². The standard InChI is InChI=1S/C23H35N5O3/c1-4-17(24-3)21(29)27-19(15-10-7-6-8-11-15)23(31)28-18(22(30)25-5-2)14-16-12-9-13-26-20(16)28/h9,12-13,15,17-19,24H,4-8,10-11,14H2,1-3H3,(H,25,30)(H,27,29)/t17-,18-,19-/m0/s1. The van der Waals surface area contributed by atoms with E-state index in [1.807, 2.05) is 26.0 Å². The van der Waals surface area contributed by atoms with Crippen molar-refractivity contribution in [1.29, 1.82) is 0 Å². The summed E-state index contributed by atoms with van der Waals surface area (Å²) in [4.78, 5) is 45.6. The second-order valence-corrected chi connectivity index (χ2v) is 8.44. The zero-order valence-electron chi connectivity index (χ0n) is 18.8. The molecule has 1 aromatic rings. The molecule has 3 atom stereocenters. The molecule has 2 aliphatic rings. The first-order chi connectivity index (χ1) is 15.0. The Balaban J connectivity index is 1.93. The van der Waals surface area contributed by atoms with Crippen molar-refractivity contribution in [2.75, 3.05) is 18.5 Å². The molecule has 1 saturated carbocycles. The van der Waals surface area contributed by atoms with Gasteiger partial charge in [-0.05, 0) is 50.8 Å². The number of rotatable bonds is 8. The molecule has 0 unspecified atom stereocenters. The van der Waals surface area contributed by atoms with Gasteiger partial charge >= 0.3 is 0 Å². The molecule has 0 bridgehead atoms. The second-order valence-electron chi connectivity index (χ2n) is 8.44. The normalized spacial score (nSPS) is 20.6. The molecule has 1 aliphatic heterocycles. The summed E-state index contributed by atoms with van der Waals surface area (Å²) in [6.07, 6.45) is 7.72. The highest BCUT2D eigenvalue weighted by Gasteiger charge is 2.44. The number of nitrogens with zero attached hydrogens (tertiary/aromatic N) is 2. The predicted octanol–water partition coefficient (Wildman–Crippen LogP) is 1.54. The number of hydrogen-bond acceptors (Lipinski definition) is 5. The SMILES string of the molecule is CCNC(=O)[C@@H]1Cc2cccnc2N1C(=O)[C@@H](NC(=O)[C@H](CC)NC)C1CCCCC1. The zero-order chi connectivity index (χ0) is 22.4. The number of fused-ring (bicyclic) bond motifs is 1. The molecule has 8 nitrogen and oxygen atoms in total. The van der Waals surface area contributed by atoms with E-state index in [0.29, 0.717) is 25.2 Å². The van der Waals surface area contributed by atoms with Gasteiger partial charge in [0.2, 0.25) is 11.8 Å². The summed E-state index contributed by atoms with van der Waals surface area (Å²) in [5.41, 5.74) is 0.877. The van der Waals surface area contributed by atoms with Gasteiger partial charge in [-0.25, -0.2) is 4.98 Å². The van der Waals surface area contributed by atoms with Crippen molar-refractivity contribution >= 4 is 23.5 Å². The van der Waals surface area contributed by atoms with Crippen LogP contribution in [0.25, 0.3) is 0 Å². The highest BCUT2D eigenvalue weighted by Crippen LogP contribution is 2.34. The van der Waals surface area contributed by atoms with Gasteiger partial charge in [-0.3, -0.25) is 19.3 Å². The van der Waals surface area contributed by atoms with E-state index in [4.69, 9.17) is 0 Å². The topological polar surface area (TPSA) is 103 Å². The Morgan fingerprint density at radius 2 is 1.94 bits per heavy atom. The molecule has 31 heavy (non-hydrogen) atoms. The Labute approximate surface area is 184 Å². The first-order valence-electron chi connectivity index (χ1n) is 11.5. The van der Waals surface area contributed by atoms with E-state index in [1.54, 1.807) is 13.2 Å². The van der Waals surface area contributed by atoms with Gasteiger partial charge in [0.1, 0.15) is 17.9 Å². The van der Waals surface area contributed by atoms with Crippen LogP contribution in [0, 0.1) is 5.92 Å². The quantitative estimate of drug-likeness (QED) is 0.582. The van der Waals surface area contributed by atoms with Crippen molar-refractivity contribution < 1.29 is 14.4 Å². The lowest BCUT2D eigenvalue weighted by atomic mass is 9.83. The van der Waals surface area contributed by atoms with Crippen LogP contribution in [-0.2, 0) is 20.8 Å². The van der Waals surface area contributed by atoms with Crippen molar-refractivity contribution in [2.45, 2.75) is 76.9 Å². The number of hydrogen-bond donors (Lipinski definition) is 3. The van der Waals surface area contributed by atoms with Crippen LogP contribution in [0.1, 0.15) is 57.9 Å². The highest BCUT2D eigenvalue weighted by atomic mass is 16.2. The fourth-order valence-corrected chi connectivity index (χ4v) is 4.79. The number of carbonyl (C=O) groups is 3. The van der Waals surface area contributed by atoms with Gasteiger partial charge in [-0.1, -0.05) is 32.3 Å². The van der Waals surface area contributed by atoms with Crippen molar-refractivity contribution in [1.82, 2.24) is 20.9 Å². The third-order valence-electron chi connectivity index (χ3n) is 6.47. The number of likely N-dealkylation sites (N-methyl/N-ethyl adjacent to an activating group) is 2. The molecule has 0 aromatic carbocycles. The molecule has 3 rings (SSSR count). The molecule has 0 radical (unpaired) electrons. The van der Waals surface area contributed by atoms with E-state index >= 15 is 0 Å². The fraction of sp³-hybridized carbons (Fsp3) is 0.652. The molecule has 1 aromatic heterocycles. The van der Waals surface area contributed by atoms with Crippen LogP contribution < -0.4 is 20.9 Å². The maximum Gasteiger partial charge on any atom is 0.251 e. The minimum Gasteiger partial charge on any atom is -0.355 e. The van der Waals surface area contributed by atoms with E-state index in [1.165, 1.54) is 4.90 Å². The summed E-state index contributed by atoms with van der Waals surface area (Å²) in [5.74, 6) is -0.0188. The van der Waals surface area contributed by atoms with Crippen LogP contribution in [0.5, 0.6) is 0 Å². The largest absolute Gasteiger partial charge is 0.355 e. The summed E-state index contributed by atoms with van der Waals surface area (Å²) in [5, 5.41) is 8.89. The number of nitrogens with one attached hydrogen (secondary N) is 3. The Morgan fingerprint density at radius 1 is 1.19 bits per heavy atom. The average Bonchev–Trinajstić information content (AvgIpc) is 3.18. The van der Waals surface area contributed by atoms with E-state index in [2.05, 4.69) is 20.9 Å². The highest BCUT2D eigenvalue weighted by molar-refractivity contribution is 6.06. The first kappa shape index (κ1) is 23.2. The van der Waals surface area contributed by atoms with Crippen LogP contribution in [0.3, 0.4) is 0 Å². The monoisotopic (exact) mass is 429 g/mol. The predicted molar refractivity (Wildman–Crippen MR) is 120 cm³/mol. The summed E-state index contributed by atoms with van der Waals surface area (Å²) in [6.45, 7) is 4.28. The minimum absolute atomic E-state index is 0.0576. The molecule has 0 saturated heterocycles. The van der Waals surface area contributed by atoms with E-state index in [9.17, 15) is 14.4 Å². The summed E-state index contributed by atoms with van der Waals surface area (Å²) in [6, 6.07) is 2.05. The van der Waals surface area contributed by atoms with Gasteiger partial charge in [-0.2, -0.15) is 0 Å². The van der Waals surface area contributed by atoms with Crippen LogP contribution in [-0.4, -0.2) is 54.4 Å². The van der Waals surface area contributed by atoms with Crippen LogP contribution >= 0.6 is 0 Å². The minimum atomic E-state index is -0.667. The van der Waals surface area contributed by atoms with Gasteiger partial charge in [0.15, 0.2) is 0 Å². The molecule has 2 heterocycles. The van der Waals surface area contributed by atoms with Crippen molar-refractivity contribution in [3.05, 3.63) is 23.9 Å². The molecular formula is C23H35N5O3. The fourth-order valence-electron chi connectivity index (χ4n) is 4.79. The maximum absolute atomic E-state index is 13.9. The van der Waals surface area contributed by atoms with E-state index < -0.39 is 12.1 Å². The lowest BCUT2D eigenvalue weighted by Crippen LogP contribution is -2.59. The molecule has 1 fully saturated rings. The van der Waals surface area contributed by atoms with Crippen molar-refractivity contribution in [2.24, 2.45) is 5.92 Å². The molecule has 0 spiro atoms. The Bertz CT molecular complexity index is 789. The zero-order valence-corrected chi connectivity index (χ0v) is 18.8. The van der Waals surface area contributed by atoms with Gasteiger partial charge in [0.05, 0.1) is 6.04 Å². The smallest absolute Gasteiger partial charge is 0.251 e. The first-order valence-corrected chi connectivity index (χ1v) is 11.5. The number of amides is 3. The third-order valence-corrected chi connectivity index (χ3v) is 6.47. The van der Waals surface area contributed by atoms with Crippen LogP contribution in [0.4, 0.5) is 5.82 Å². The van der Waals surface area contributed by atoms with E-state index in [0.717, 1.165) is 37.7 Å². The van der Waals surface area contributed by atoms with Gasteiger partial charge in [0.25, 0.3) is 5.91 Å². The summed E-state index contributed by atoms with van der Waals surface area (Å²) >= 11 is 0. The van der Waals surface area contributed by atoms with Crippen LogP contribution in [0.15, 0.2) is 18.3 Å². The molecular weight excluding hydrogens is 394 g/mol. The molecule has 3 N–H and O–H groups in total. The summed E-state index contributed by atoms with van der Waals surface area (Å²) in [7, 11) is 1.75. The number of pyridine rings is 1. The second kappa shape index (κ2) is 10.7. The molecule has 170 valence electrons. The van der Waals surface area contributed by atoms with Gasteiger partial charge in [0, 0.05) is 19.2 Å².